The lowest BCUT2D eigenvalue weighted by Crippen LogP contribution is -2.46. The molecule has 4 rings (SSSR count). The highest BCUT2D eigenvalue weighted by molar-refractivity contribution is 6.09. The number of fused-ring (bicyclic) bond motifs is 1. The number of ketones is 1. The van der Waals surface area contributed by atoms with Crippen molar-refractivity contribution in [3.63, 3.8) is 0 Å². The number of hydrogen-bond donors (Lipinski definition) is 1. The summed E-state index contributed by atoms with van der Waals surface area (Å²) in [5, 5.41) is 0. The van der Waals surface area contributed by atoms with Crippen LogP contribution < -0.4 is 9.47 Å². The molecule has 140 valence electrons. The third-order valence-electron chi connectivity index (χ3n) is 4.98. The summed E-state index contributed by atoms with van der Waals surface area (Å²) in [5.74, 6) is 1.33. The zero-order chi connectivity index (χ0) is 19.2. The van der Waals surface area contributed by atoms with E-state index < -0.39 is 5.41 Å². The largest absolute Gasteiger partial charge is 0.493 e. The predicted molar refractivity (Wildman–Crippen MR) is 100 cm³/mol. The Morgan fingerprint density at radius 3 is 2.67 bits per heavy atom. The standard InChI is InChI=1S/C20H21N3O4/c1-11-5-12(6-15(25-3)17(11)26-4)14-8-22-19-16(23-14)13(7-21-19)18(24)20(2)9-27-10-20/h5-8H,9-10H2,1-4H3,(H,21,22). The molecule has 1 N–H and O–H groups in total. The Labute approximate surface area is 156 Å². The van der Waals surface area contributed by atoms with E-state index in [2.05, 4.69) is 9.97 Å². The van der Waals surface area contributed by atoms with Gasteiger partial charge in [0.2, 0.25) is 0 Å². The van der Waals surface area contributed by atoms with E-state index in [1.54, 1.807) is 26.6 Å². The summed E-state index contributed by atoms with van der Waals surface area (Å²) in [6.07, 6.45) is 3.36. The topological polar surface area (TPSA) is 86.3 Å². The normalized spacial score (nSPS) is 15.4. The Bertz CT molecular complexity index is 1040. The highest BCUT2D eigenvalue weighted by Crippen LogP contribution is 2.36. The summed E-state index contributed by atoms with van der Waals surface area (Å²) < 4.78 is 16.1. The molecule has 7 nitrogen and oxygen atoms in total. The number of aromatic nitrogens is 3. The Balaban J connectivity index is 1.81. The number of hydrogen-bond acceptors (Lipinski definition) is 6. The Morgan fingerprint density at radius 1 is 1.26 bits per heavy atom. The van der Waals surface area contributed by atoms with E-state index in [0.29, 0.717) is 47.1 Å². The second-order valence-corrected chi connectivity index (χ2v) is 7.07. The number of aromatic amines is 1. The van der Waals surface area contributed by atoms with Crippen LogP contribution in [0.25, 0.3) is 22.4 Å². The highest BCUT2D eigenvalue weighted by atomic mass is 16.5. The molecular formula is C20H21N3O4. The fraction of sp³-hybridized carbons (Fsp3) is 0.350. The monoisotopic (exact) mass is 367 g/mol. The predicted octanol–water partition coefficient (Wildman–Crippen LogP) is 3.17. The molecule has 0 bridgehead atoms. The second-order valence-electron chi connectivity index (χ2n) is 7.07. The van der Waals surface area contributed by atoms with Crippen LogP contribution in [0.5, 0.6) is 11.5 Å². The first-order chi connectivity index (χ1) is 13.0. The molecule has 1 fully saturated rings. The molecule has 2 aromatic heterocycles. The number of aryl methyl sites for hydroxylation is 1. The molecule has 27 heavy (non-hydrogen) atoms. The van der Waals surface area contributed by atoms with Gasteiger partial charge >= 0.3 is 0 Å². The van der Waals surface area contributed by atoms with E-state index in [1.165, 1.54) is 0 Å². The van der Waals surface area contributed by atoms with Crippen LogP contribution in [0, 0.1) is 12.3 Å². The Hall–Kier alpha value is -2.93. The van der Waals surface area contributed by atoms with Crippen molar-refractivity contribution in [2.45, 2.75) is 13.8 Å². The Morgan fingerprint density at radius 2 is 2.04 bits per heavy atom. The van der Waals surface area contributed by atoms with Crippen LogP contribution >= 0.6 is 0 Å². The molecule has 0 atom stereocenters. The SMILES string of the molecule is COc1cc(-c2cnc3[nH]cc(C(=O)C4(C)COC4)c3n2)cc(C)c1OC. The van der Waals surface area contributed by atoms with Gasteiger partial charge in [0.15, 0.2) is 22.9 Å². The van der Waals surface area contributed by atoms with E-state index in [9.17, 15) is 4.79 Å². The zero-order valence-electron chi connectivity index (χ0n) is 15.8. The van der Waals surface area contributed by atoms with Crippen LogP contribution in [0.15, 0.2) is 24.5 Å². The van der Waals surface area contributed by atoms with Crippen molar-refractivity contribution in [2.75, 3.05) is 27.4 Å². The van der Waals surface area contributed by atoms with E-state index in [1.807, 2.05) is 26.0 Å². The number of rotatable bonds is 5. The molecule has 0 amide bonds. The summed E-state index contributed by atoms with van der Waals surface area (Å²) in [6.45, 7) is 4.72. The van der Waals surface area contributed by atoms with Crippen molar-refractivity contribution < 1.29 is 19.0 Å². The highest BCUT2D eigenvalue weighted by Gasteiger charge is 2.42. The quantitative estimate of drug-likeness (QED) is 0.697. The van der Waals surface area contributed by atoms with Gasteiger partial charge in [0.05, 0.1) is 50.3 Å². The van der Waals surface area contributed by atoms with Gasteiger partial charge < -0.3 is 19.2 Å². The number of methoxy groups -OCH3 is 2. The minimum absolute atomic E-state index is 0.0231. The first kappa shape index (κ1) is 17.5. The van der Waals surface area contributed by atoms with Gasteiger partial charge in [-0.3, -0.25) is 4.79 Å². The van der Waals surface area contributed by atoms with Crippen LogP contribution in [0.3, 0.4) is 0 Å². The number of ether oxygens (including phenoxy) is 3. The minimum Gasteiger partial charge on any atom is -0.493 e. The average molecular weight is 367 g/mol. The van der Waals surface area contributed by atoms with Crippen molar-refractivity contribution in [1.82, 2.24) is 15.0 Å². The van der Waals surface area contributed by atoms with Crippen molar-refractivity contribution in [2.24, 2.45) is 5.41 Å². The number of carbonyl (C=O) groups excluding carboxylic acids is 1. The smallest absolute Gasteiger partial charge is 0.177 e. The zero-order valence-corrected chi connectivity index (χ0v) is 15.8. The molecule has 3 heterocycles. The summed E-state index contributed by atoms with van der Waals surface area (Å²) >= 11 is 0. The molecule has 1 aliphatic rings. The molecule has 0 aliphatic carbocycles. The summed E-state index contributed by atoms with van der Waals surface area (Å²) in [4.78, 5) is 25.1. The van der Waals surface area contributed by atoms with Gasteiger partial charge in [-0.15, -0.1) is 0 Å². The molecule has 1 saturated heterocycles. The third-order valence-corrected chi connectivity index (χ3v) is 4.98. The first-order valence-electron chi connectivity index (χ1n) is 8.66. The number of H-pyrrole nitrogens is 1. The van der Waals surface area contributed by atoms with E-state index in [-0.39, 0.29) is 5.78 Å². The molecule has 7 heteroatoms. The van der Waals surface area contributed by atoms with Gasteiger partial charge in [-0.2, -0.15) is 0 Å². The Kier molecular flexibility index (Phi) is 4.11. The molecular weight excluding hydrogens is 346 g/mol. The molecule has 0 radical (unpaired) electrons. The van der Waals surface area contributed by atoms with Crippen LogP contribution in [-0.2, 0) is 4.74 Å². The molecule has 1 aliphatic heterocycles. The fourth-order valence-corrected chi connectivity index (χ4v) is 3.37. The molecule has 0 unspecified atom stereocenters. The maximum Gasteiger partial charge on any atom is 0.177 e. The van der Waals surface area contributed by atoms with Crippen molar-refractivity contribution in [1.29, 1.82) is 0 Å². The van der Waals surface area contributed by atoms with Crippen molar-refractivity contribution in [3.05, 3.63) is 35.7 Å². The molecule has 0 spiro atoms. The minimum atomic E-state index is -0.493. The van der Waals surface area contributed by atoms with Gasteiger partial charge in [-0.1, -0.05) is 0 Å². The number of nitrogens with zero attached hydrogens (tertiary/aromatic N) is 2. The van der Waals surface area contributed by atoms with E-state index >= 15 is 0 Å². The van der Waals surface area contributed by atoms with Crippen molar-refractivity contribution in [3.8, 4) is 22.8 Å². The summed E-state index contributed by atoms with van der Waals surface area (Å²) in [5.41, 5.74) is 3.64. The maximum absolute atomic E-state index is 12.9. The molecule has 1 aromatic carbocycles. The number of nitrogens with one attached hydrogen (secondary N) is 1. The van der Waals surface area contributed by atoms with Gasteiger partial charge in [-0.25, -0.2) is 9.97 Å². The van der Waals surface area contributed by atoms with Gasteiger partial charge in [0, 0.05) is 11.8 Å². The van der Waals surface area contributed by atoms with Crippen LogP contribution in [-0.4, -0.2) is 48.2 Å². The average Bonchev–Trinajstić information content (AvgIpc) is 3.07. The van der Waals surface area contributed by atoms with Crippen LogP contribution in [0.2, 0.25) is 0 Å². The number of carbonyl (C=O) groups is 1. The molecule has 3 aromatic rings. The lowest BCUT2D eigenvalue weighted by atomic mass is 9.81. The number of Topliss-reactive ketones (excluding diaryl/α,β-unsaturated/α-hetero) is 1. The second kappa shape index (κ2) is 6.35. The van der Waals surface area contributed by atoms with Gasteiger partial charge in [-0.05, 0) is 31.5 Å². The van der Waals surface area contributed by atoms with Gasteiger partial charge in [0.25, 0.3) is 0 Å². The fourth-order valence-electron chi connectivity index (χ4n) is 3.37. The first-order valence-corrected chi connectivity index (χ1v) is 8.66. The maximum atomic E-state index is 12.9. The summed E-state index contributed by atoms with van der Waals surface area (Å²) in [6, 6.07) is 3.82. The van der Waals surface area contributed by atoms with Gasteiger partial charge in [0.1, 0.15) is 5.52 Å². The summed E-state index contributed by atoms with van der Waals surface area (Å²) in [7, 11) is 3.21. The third kappa shape index (κ3) is 2.75. The van der Waals surface area contributed by atoms with E-state index in [0.717, 1.165) is 11.1 Å². The lowest BCUT2D eigenvalue weighted by Gasteiger charge is -2.36. The van der Waals surface area contributed by atoms with Crippen molar-refractivity contribution >= 4 is 16.9 Å². The lowest BCUT2D eigenvalue weighted by molar-refractivity contribution is -0.0767. The molecule has 0 saturated carbocycles. The van der Waals surface area contributed by atoms with Crippen LogP contribution in [0.1, 0.15) is 22.8 Å². The van der Waals surface area contributed by atoms with Crippen LogP contribution in [0.4, 0.5) is 0 Å². The number of benzene rings is 1. The van der Waals surface area contributed by atoms with E-state index in [4.69, 9.17) is 19.2 Å².